The Kier molecular flexibility index (Phi) is 9.91. The first-order chi connectivity index (χ1) is 7.99. The third-order valence-corrected chi connectivity index (χ3v) is 3.99. The summed E-state index contributed by atoms with van der Waals surface area (Å²) in [6, 6.07) is 0. The Hall–Kier alpha value is -0.0400. The summed E-state index contributed by atoms with van der Waals surface area (Å²) in [7, 11) is 0. The fraction of sp³-hybridized carbons (Fsp3) is 1.00. The van der Waals surface area contributed by atoms with E-state index in [4.69, 9.17) is 0 Å². The van der Waals surface area contributed by atoms with Gasteiger partial charge < -0.3 is 5.32 Å². The summed E-state index contributed by atoms with van der Waals surface area (Å²) >= 11 is 0. The quantitative estimate of drug-likeness (QED) is 0.583. The van der Waals surface area contributed by atoms with Crippen LogP contribution in [0.15, 0.2) is 0 Å². The van der Waals surface area contributed by atoms with Gasteiger partial charge in [-0.25, -0.2) is 0 Å². The summed E-state index contributed by atoms with van der Waals surface area (Å²) in [6.45, 7) is 16.4. The minimum Gasteiger partial charge on any atom is -0.316 e. The molecule has 0 aromatic heterocycles. The van der Waals surface area contributed by atoms with Crippen LogP contribution < -0.4 is 5.32 Å². The van der Waals surface area contributed by atoms with Gasteiger partial charge >= 0.3 is 0 Å². The molecule has 0 radical (unpaired) electrons. The zero-order chi connectivity index (χ0) is 13.3. The molecule has 0 heterocycles. The highest BCUT2D eigenvalue weighted by molar-refractivity contribution is 4.65. The molecule has 104 valence electrons. The number of rotatable bonds is 10. The van der Waals surface area contributed by atoms with Crippen LogP contribution in [0.4, 0.5) is 0 Å². The molecule has 0 fully saturated rings. The summed E-state index contributed by atoms with van der Waals surface area (Å²) in [5.74, 6) is 3.40. The van der Waals surface area contributed by atoms with E-state index in [0.717, 1.165) is 23.7 Å². The van der Waals surface area contributed by atoms with Crippen molar-refractivity contribution in [3.05, 3.63) is 0 Å². The molecule has 0 rings (SSSR count). The van der Waals surface area contributed by atoms with Crippen LogP contribution in [0.3, 0.4) is 0 Å². The van der Waals surface area contributed by atoms with E-state index in [1.807, 2.05) is 0 Å². The highest BCUT2D eigenvalue weighted by Crippen LogP contribution is 2.15. The highest BCUT2D eigenvalue weighted by atomic mass is 14.9. The van der Waals surface area contributed by atoms with E-state index in [-0.39, 0.29) is 0 Å². The van der Waals surface area contributed by atoms with Gasteiger partial charge in [0.1, 0.15) is 0 Å². The molecule has 0 aromatic carbocycles. The molecule has 0 aliphatic carbocycles. The van der Waals surface area contributed by atoms with Gasteiger partial charge in [0.15, 0.2) is 0 Å². The van der Waals surface area contributed by atoms with E-state index >= 15 is 0 Å². The highest BCUT2D eigenvalue weighted by Gasteiger charge is 2.09. The second-order valence-electron chi connectivity index (χ2n) is 6.37. The van der Waals surface area contributed by atoms with Crippen LogP contribution in [0.1, 0.15) is 67.2 Å². The van der Waals surface area contributed by atoms with Crippen LogP contribution in [-0.4, -0.2) is 13.1 Å². The van der Waals surface area contributed by atoms with Crippen LogP contribution in [-0.2, 0) is 0 Å². The third kappa shape index (κ3) is 9.64. The van der Waals surface area contributed by atoms with Gasteiger partial charge in [-0.15, -0.1) is 0 Å². The Morgan fingerprint density at radius 2 is 1.00 bits per heavy atom. The van der Waals surface area contributed by atoms with Crippen molar-refractivity contribution in [1.82, 2.24) is 5.32 Å². The van der Waals surface area contributed by atoms with Gasteiger partial charge in [-0.1, -0.05) is 54.4 Å². The lowest BCUT2D eigenvalue weighted by Gasteiger charge is -2.20. The molecule has 17 heavy (non-hydrogen) atoms. The average molecular weight is 241 g/mol. The van der Waals surface area contributed by atoms with Crippen molar-refractivity contribution in [2.24, 2.45) is 23.7 Å². The lowest BCUT2D eigenvalue weighted by atomic mass is 9.94. The van der Waals surface area contributed by atoms with Gasteiger partial charge in [0.05, 0.1) is 0 Å². The molecule has 0 aromatic rings. The number of nitrogens with one attached hydrogen (secondary N) is 1. The van der Waals surface area contributed by atoms with Gasteiger partial charge in [0.25, 0.3) is 0 Å². The second kappa shape index (κ2) is 9.94. The first-order valence-electron chi connectivity index (χ1n) is 7.70. The topological polar surface area (TPSA) is 12.0 Å². The smallest absolute Gasteiger partial charge is 0.00229 e. The van der Waals surface area contributed by atoms with Crippen molar-refractivity contribution >= 4 is 0 Å². The van der Waals surface area contributed by atoms with Crippen molar-refractivity contribution in [2.45, 2.75) is 67.2 Å². The van der Waals surface area contributed by atoms with Crippen molar-refractivity contribution in [1.29, 1.82) is 0 Å². The molecule has 0 amide bonds. The van der Waals surface area contributed by atoms with Crippen molar-refractivity contribution in [2.75, 3.05) is 13.1 Å². The van der Waals surface area contributed by atoms with Gasteiger partial charge in [0, 0.05) is 0 Å². The SMILES string of the molecule is CCC(C)CC(C)CNCC(C)CC(C)CC. The van der Waals surface area contributed by atoms with Crippen LogP contribution in [0.2, 0.25) is 0 Å². The normalized spacial score (nSPS) is 18.7. The van der Waals surface area contributed by atoms with Crippen LogP contribution >= 0.6 is 0 Å². The maximum Gasteiger partial charge on any atom is -0.00229 e. The van der Waals surface area contributed by atoms with Crippen molar-refractivity contribution < 1.29 is 0 Å². The molecule has 4 atom stereocenters. The Morgan fingerprint density at radius 1 is 0.647 bits per heavy atom. The van der Waals surface area contributed by atoms with E-state index in [0.29, 0.717) is 0 Å². The molecule has 0 bridgehead atoms. The summed E-state index contributed by atoms with van der Waals surface area (Å²) in [5, 5.41) is 3.64. The molecular weight excluding hydrogens is 206 g/mol. The summed E-state index contributed by atoms with van der Waals surface area (Å²) in [4.78, 5) is 0. The summed E-state index contributed by atoms with van der Waals surface area (Å²) in [5.41, 5.74) is 0. The van der Waals surface area contributed by atoms with Gasteiger partial charge in [-0.2, -0.15) is 0 Å². The lowest BCUT2D eigenvalue weighted by molar-refractivity contribution is 0.352. The molecular formula is C16H35N. The first-order valence-corrected chi connectivity index (χ1v) is 7.70. The fourth-order valence-electron chi connectivity index (χ4n) is 2.45. The molecule has 0 spiro atoms. The van der Waals surface area contributed by atoms with Gasteiger partial charge in [-0.3, -0.25) is 0 Å². The summed E-state index contributed by atoms with van der Waals surface area (Å²) in [6.07, 6.45) is 5.36. The van der Waals surface area contributed by atoms with Crippen molar-refractivity contribution in [3.63, 3.8) is 0 Å². The van der Waals surface area contributed by atoms with Crippen LogP contribution in [0.5, 0.6) is 0 Å². The zero-order valence-electron chi connectivity index (χ0n) is 13.1. The standard InChI is InChI=1S/C16H35N/c1-7-13(3)9-15(5)11-17-12-16(6)10-14(4)8-2/h13-17H,7-12H2,1-6H3. The molecule has 0 saturated carbocycles. The fourth-order valence-corrected chi connectivity index (χ4v) is 2.45. The Bertz CT molecular complexity index is 149. The average Bonchev–Trinajstić information content (AvgIpc) is 2.28. The lowest BCUT2D eigenvalue weighted by Crippen LogP contribution is -2.27. The molecule has 1 heteroatoms. The maximum absolute atomic E-state index is 3.64. The molecule has 0 aliphatic heterocycles. The van der Waals surface area contributed by atoms with E-state index in [9.17, 15) is 0 Å². The van der Waals surface area contributed by atoms with E-state index < -0.39 is 0 Å². The number of hydrogen-bond donors (Lipinski definition) is 1. The van der Waals surface area contributed by atoms with E-state index in [1.165, 1.54) is 38.8 Å². The largest absolute Gasteiger partial charge is 0.316 e. The predicted octanol–water partition coefficient (Wildman–Crippen LogP) is 4.72. The Labute approximate surface area is 110 Å². The first kappa shape index (κ1) is 17.0. The molecule has 1 N–H and O–H groups in total. The second-order valence-corrected chi connectivity index (χ2v) is 6.37. The minimum absolute atomic E-state index is 0.820. The van der Waals surface area contributed by atoms with Crippen LogP contribution in [0.25, 0.3) is 0 Å². The minimum atomic E-state index is 0.820. The van der Waals surface area contributed by atoms with Gasteiger partial charge in [0.2, 0.25) is 0 Å². The molecule has 4 unspecified atom stereocenters. The third-order valence-electron chi connectivity index (χ3n) is 3.99. The van der Waals surface area contributed by atoms with E-state index in [1.54, 1.807) is 0 Å². The van der Waals surface area contributed by atoms with Gasteiger partial charge in [-0.05, 0) is 49.6 Å². The summed E-state index contributed by atoms with van der Waals surface area (Å²) < 4.78 is 0. The van der Waals surface area contributed by atoms with Crippen LogP contribution in [0, 0.1) is 23.7 Å². The zero-order valence-corrected chi connectivity index (χ0v) is 13.1. The Morgan fingerprint density at radius 3 is 1.29 bits per heavy atom. The van der Waals surface area contributed by atoms with E-state index in [2.05, 4.69) is 46.9 Å². The number of hydrogen-bond acceptors (Lipinski definition) is 1. The Balaban J connectivity index is 3.55. The monoisotopic (exact) mass is 241 g/mol. The maximum atomic E-state index is 3.64. The molecule has 0 saturated heterocycles. The molecule has 1 nitrogen and oxygen atoms in total. The molecule has 0 aliphatic rings. The van der Waals surface area contributed by atoms with Crippen molar-refractivity contribution in [3.8, 4) is 0 Å². The predicted molar refractivity (Wildman–Crippen MR) is 79.3 cm³/mol.